The molecule has 0 bridgehead atoms. The molecule has 0 heterocycles. The van der Waals surface area contributed by atoms with E-state index >= 15 is 0 Å². The zero-order valence-corrected chi connectivity index (χ0v) is 6.81. The third-order valence-corrected chi connectivity index (χ3v) is 1.39. The van der Waals surface area contributed by atoms with Crippen molar-refractivity contribution in [1.82, 2.24) is 0 Å². The van der Waals surface area contributed by atoms with E-state index in [-0.39, 0.29) is 0 Å². The zero-order valence-electron chi connectivity index (χ0n) is 6.81. The first-order chi connectivity index (χ1) is 6.09. The summed E-state index contributed by atoms with van der Waals surface area (Å²) in [5.41, 5.74) is 11.1. The Hall–Kier alpha value is -1.75. The van der Waals surface area contributed by atoms with E-state index in [1.54, 1.807) is 24.3 Å². The van der Waals surface area contributed by atoms with Gasteiger partial charge in [0.2, 0.25) is 6.23 Å². The summed E-state index contributed by atoms with van der Waals surface area (Å²) in [6.45, 7) is 0. The van der Waals surface area contributed by atoms with Gasteiger partial charge < -0.3 is 15.6 Å². The van der Waals surface area contributed by atoms with E-state index in [1.165, 1.54) is 0 Å². The van der Waals surface area contributed by atoms with Crippen LogP contribution in [0.2, 0.25) is 0 Å². The number of nitrogen functional groups attached to an aromatic ring is 1. The molecular formula is C8H10N2O3. The molecule has 70 valence electrons. The van der Waals surface area contributed by atoms with Gasteiger partial charge in [-0.3, -0.25) is 5.73 Å². The molecular weight excluding hydrogens is 172 g/mol. The maximum Gasteiger partial charge on any atom is 0.360 e. The molecule has 0 radical (unpaired) electrons. The van der Waals surface area contributed by atoms with Crippen molar-refractivity contribution < 1.29 is 14.6 Å². The van der Waals surface area contributed by atoms with Crippen molar-refractivity contribution in [2.45, 2.75) is 6.23 Å². The molecule has 1 unspecified atom stereocenters. The van der Waals surface area contributed by atoms with Gasteiger partial charge in [-0.2, -0.15) is 0 Å². The third kappa shape index (κ3) is 2.64. The molecule has 0 aromatic heterocycles. The Labute approximate surface area is 74.9 Å². The van der Waals surface area contributed by atoms with Crippen LogP contribution in [-0.4, -0.2) is 17.3 Å². The highest BCUT2D eigenvalue weighted by molar-refractivity contribution is 5.71. The van der Waals surface area contributed by atoms with Crippen LogP contribution in [0.15, 0.2) is 24.3 Å². The fourth-order valence-corrected chi connectivity index (χ4v) is 0.743. The van der Waals surface area contributed by atoms with Crippen LogP contribution in [0.4, 0.5) is 5.69 Å². The average Bonchev–Trinajstić information content (AvgIpc) is 2.08. The molecule has 0 fully saturated rings. The molecule has 1 aromatic carbocycles. The van der Waals surface area contributed by atoms with Gasteiger partial charge in [-0.25, -0.2) is 4.79 Å². The summed E-state index contributed by atoms with van der Waals surface area (Å²) in [4.78, 5) is 10.3. The Kier molecular flexibility index (Phi) is 2.71. The van der Waals surface area contributed by atoms with E-state index in [0.717, 1.165) is 0 Å². The predicted octanol–water partition coefficient (Wildman–Crippen LogP) is 0.0170. The topological polar surface area (TPSA) is 98.6 Å². The van der Waals surface area contributed by atoms with Crippen LogP contribution in [0, 0.1) is 0 Å². The number of ether oxygens (including phenoxy) is 1. The molecule has 1 atom stereocenters. The SMILES string of the molecule is Nc1ccc(OC(N)C(=O)O)cc1. The van der Waals surface area contributed by atoms with Crippen LogP contribution in [0.5, 0.6) is 5.75 Å². The van der Waals surface area contributed by atoms with E-state index in [2.05, 4.69) is 0 Å². The molecule has 0 saturated heterocycles. The molecule has 1 rings (SSSR count). The van der Waals surface area contributed by atoms with Crippen molar-refractivity contribution in [2.75, 3.05) is 5.73 Å². The summed E-state index contributed by atoms with van der Waals surface area (Å²) in [5, 5.41) is 8.42. The fourth-order valence-electron chi connectivity index (χ4n) is 0.743. The summed E-state index contributed by atoms with van der Waals surface area (Å²) in [7, 11) is 0. The Morgan fingerprint density at radius 1 is 1.38 bits per heavy atom. The highest BCUT2D eigenvalue weighted by Gasteiger charge is 2.12. The second kappa shape index (κ2) is 3.77. The Balaban J connectivity index is 2.64. The lowest BCUT2D eigenvalue weighted by atomic mass is 10.3. The fraction of sp³-hybridized carbons (Fsp3) is 0.125. The number of rotatable bonds is 3. The van der Waals surface area contributed by atoms with E-state index in [0.29, 0.717) is 11.4 Å². The standard InChI is InChI=1S/C8H10N2O3/c9-5-1-3-6(4-2-5)13-7(10)8(11)12/h1-4,7H,9-10H2,(H,11,12). The van der Waals surface area contributed by atoms with E-state index in [9.17, 15) is 4.79 Å². The van der Waals surface area contributed by atoms with E-state index < -0.39 is 12.2 Å². The van der Waals surface area contributed by atoms with E-state index in [1.807, 2.05) is 0 Å². The van der Waals surface area contributed by atoms with Crippen LogP contribution in [-0.2, 0) is 4.79 Å². The van der Waals surface area contributed by atoms with Crippen LogP contribution in [0.1, 0.15) is 0 Å². The molecule has 0 aliphatic carbocycles. The lowest BCUT2D eigenvalue weighted by Crippen LogP contribution is -2.35. The van der Waals surface area contributed by atoms with Gasteiger partial charge in [0.15, 0.2) is 0 Å². The predicted molar refractivity (Wildman–Crippen MR) is 47.1 cm³/mol. The number of carbonyl (C=O) groups is 1. The van der Waals surface area contributed by atoms with Gasteiger partial charge in [0.05, 0.1) is 0 Å². The summed E-state index contributed by atoms with van der Waals surface area (Å²) in [6, 6.07) is 6.31. The van der Waals surface area contributed by atoms with Crippen LogP contribution < -0.4 is 16.2 Å². The van der Waals surface area contributed by atoms with Crippen molar-refractivity contribution >= 4 is 11.7 Å². The minimum Gasteiger partial charge on any atom is -0.477 e. The first-order valence-corrected chi connectivity index (χ1v) is 3.60. The van der Waals surface area contributed by atoms with Gasteiger partial charge in [-0.15, -0.1) is 0 Å². The van der Waals surface area contributed by atoms with E-state index in [4.69, 9.17) is 21.3 Å². The lowest BCUT2D eigenvalue weighted by molar-refractivity contribution is -0.144. The summed E-state index contributed by atoms with van der Waals surface area (Å²) < 4.78 is 4.85. The molecule has 0 saturated carbocycles. The van der Waals surface area contributed by atoms with Crippen molar-refractivity contribution in [3.8, 4) is 5.75 Å². The number of anilines is 1. The maximum absolute atomic E-state index is 10.3. The van der Waals surface area contributed by atoms with Gasteiger partial charge in [-0.1, -0.05) is 0 Å². The second-order valence-electron chi connectivity index (χ2n) is 2.45. The number of hydrogen-bond donors (Lipinski definition) is 3. The number of aliphatic carboxylic acids is 1. The molecule has 5 N–H and O–H groups in total. The molecule has 0 amide bonds. The highest BCUT2D eigenvalue weighted by atomic mass is 16.5. The van der Waals surface area contributed by atoms with Gasteiger partial charge >= 0.3 is 5.97 Å². The Morgan fingerprint density at radius 3 is 2.38 bits per heavy atom. The van der Waals surface area contributed by atoms with Crippen LogP contribution >= 0.6 is 0 Å². The molecule has 0 aliphatic rings. The normalized spacial score (nSPS) is 12.1. The number of nitrogens with two attached hydrogens (primary N) is 2. The van der Waals surface area contributed by atoms with Crippen molar-refractivity contribution in [1.29, 1.82) is 0 Å². The summed E-state index contributed by atoms with van der Waals surface area (Å²) in [5.74, 6) is -0.832. The number of benzene rings is 1. The number of carboxylic acid groups (broad SMARTS) is 1. The summed E-state index contributed by atoms with van der Waals surface area (Å²) >= 11 is 0. The highest BCUT2D eigenvalue weighted by Crippen LogP contribution is 2.13. The molecule has 0 spiro atoms. The van der Waals surface area contributed by atoms with Crippen LogP contribution in [0.25, 0.3) is 0 Å². The van der Waals surface area contributed by atoms with Crippen LogP contribution in [0.3, 0.4) is 0 Å². The number of carboxylic acids is 1. The molecule has 13 heavy (non-hydrogen) atoms. The Morgan fingerprint density at radius 2 is 1.92 bits per heavy atom. The van der Waals surface area contributed by atoms with Gasteiger partial charge in [0.1, 0.15) is 5.75 Å². The van der Waals surface area contributed by atoms with Crippen molar-refractivity contribution in [2.24, 2.45) is 5.73 Å². The molecule has 5 heteroatoms. The molecule has 0 aliphatic heterocycles. The summed E-state index contributed by atoms with van der Waals surface area (Å²) in [6.07, 6.45) is -1.34. The maximum atomic E-state index is 10.3. The Bertz CT molecular complexity index is 297. The zero-order chi connectivity index (χ0) is 9.84. The third-order valence-electron chi connectivity index (χ3n) is 1.39. The molecule has 1 aromatic rings. The van der Waals surface area contributed by atoms with Gasteiger partial charge in [0.25, 0.3) is 0 Å². The average molecular weight is 182 g/mol. The second-order valence-corrected chi connectivity index (χ2v) is 2.45. The smallest absolute Gasteiger partial charge is 0.360 e. The van der Waals surface area contributed by atoms with Gasteiger partial charge in [-0.05, 0) is 24.3 Å². The first kappa shape index (κ1) is 9.34. The van der Waals surface area contributed by atoms with Crippen molar-refractivity contribution in [3.05, 3.63) is 24.3 Å². The number of hydrogen-bond acceptors (Lipinski definition) is 4. The minimum absolute atomic E-state index is 0.379. The van der Waals surface area contributed by atoms with Gasteiger partial charge in [0, 0.05) is 5.69 Å². The lowest BCUT2D eigenvalue weighted by Gasteiger charge is -2.09. The quantitative estimate of drug-likeness (QED) is 0.452. The van der Waals surface area contributed by atoms with Crippen molar-refractivity contribution in [3.63, 3.8) is 0 Å². The molecule has 5 nitrogen and oxygen atoms in total. The monoisotopic (exact) mass is 182 g/mol. The minimum atomic E-state index is -1.34. The largest absolute Gasteiger partial charge is 0.477 e. The first-order valence-electron chi connectivity index (χ1n) is 3.60.